The molecule has 5 nitrogen and oxygen atoms in total. The maximum absolute atomic E-state index is 9.33. The van der Waals surface area contributed by atoms with Gasteiger partial charge in [0.05, 0.1) is 19.3 Å². The van der Waals surface area contributed by atoms with Crippen LogP contribution in [0.25, 0.3) is 0 Å². The van der Waals surface area contributed by atoms with Gasteiger partial charge in [0, 0.05) is 14.2 Å². The number of aliphatic hydroxyl groups is 2. The Kier molecular flexibility index (Phi) is 7.12. The highest BCUT2D eigenvalue weighted by Crippen LogP contribution is 2.02. The maximum Gasteiger partial charge on any atom is 0.178 e. The Morgan fingerprint density at radius 1 is 1.08 bits per heavy atom. The first-order valence-corrected chi connectivity index (χ1v) is 4.11. The third-order valence-electron chi connectivity index (χ3n) is 1.56. The molecule has 0 rings (SSSR count). The van der Waals surface area contributed by atoms with Gasteiger partial charge in [0.1, 0.15) is 6.10 Å². The molecule has 0 aromatic heterocycles. The molecule has 0 spiro atoms. The third-order valence-corrected chi connectivity index (χ3v) is 1.56. The quantitative estimate of drug-likeness (QED) is 0.528. The fourth-order valence-corrected chi connectivity index (χ4v) is 0.827. The Morgan fingerprint density at radius 3 is 2.08 bits per heavy atom. The van der Waals surface area contributed by atoms with Crippen molar-refractivity contribution >= 4 is 0 Å². The Labute approximate surface area is 78.2 Å². The molecule has 5 heteroatoms. The molecule has 0 heterocycles. The van der Waals surface area contributed by atoms with Gasteiger partial charge in [-0.2, -0.15) is 0 Å². The maximum atomic E-state index is 9.33. The lowest BCUT2D eigenvalue weighted by Crippen LogP contribution is -2.35. The van der Waals surface area contributed by atoms with Crippen LogP contribution in [0.4, 0.5) is 0 Å². The van der Waals surface area contributed by atoms with Crippen LogP contribution in [0, 0.1) is 0 Å². The molecule has 80 valence electrons. The van der Waals surface area contributed by atoms with Gasteiger partial charge in [-0.25, -0.2) is 0 Å². The average molecular weight is 194 g/mol. The summed E-state index contributed by atoms with van der Waals surface area (Å²) in [5.74, 6) is 0. The van der Waals surface area contributed by atoms with Crippen LogP contribution < -0.4 is 0 Å². The molecule has 0 aliphatic heterocycles. The van der Waals surface area contributed by atoms with Gasteiger partial charge in [0.25, 0.3) is 0 Å². The molecule has 0 aromatic carbocycles. The topological polar surface area (TPSA) is 68.2 Å². The summed E-state index contributed by atoms with van der Waals surface area (Å²) in [4.78, 5) is 0. The predicted octanol–water partition coefficient (Wildman–Crippen LogP) is -0.636. The smallest absolute Gasteiger partial charge is 0.178 e. The molecule has 0 aromatic rings. The molecular weight excluding hydrogens is 176 g/mol. The summed E-state index contributed by atoms with van der Waals surface area (Å²) in [5, 5.41) is 18.5. The molecule has 0 saturated heterocycles. The summed E-state index contributed by atoms with van der Waals surface area (Å²) in [7, 11) is 2.95. The van der Waals surface area contributed by atoms with Crippen LogP contribution >= 0.6 is 0 Å². The second-order valence-corrected chi connectivity index (χ2v) is 2.77. The van der Waals surface area contributed by atoms with Crippen LogP contribution in [-0.2, 0) is 14.2 Å². The second kappa shape index (κ2) is 7.23. The number of hydrogen-bond donors (Lipinski definition) is 2. The van der Waals surface area contributed by atoms with Gasteiger partial charge in [0.2, 0.25) is 0 Å². The van der Waals surface area contributed by atoms with E-state index >= 15 is 0 Å². The Hall–Kier alpha value is -0.200. The first-order chi connectivity index (χ1) is 6.11. The van der Waals surface area contributed by atoms with Crippen LogP contribution in [0.3, 0.4) is 0 Å². The van der Waals surface area contributed by atoms with E-state index in [1.807, 2.05) is 0 Å². The first-order valence-electron chi connectivity index (χ1n) is 4.11. The molecule has 0 saturated carbocycles. The highest BCUT2D eigenvalue weighted by atomic mass is 16.6. The predicted molar refractivity (Wildman–Crippen MR) is 46.3 cm³/mol. The Balaban J connectivity index is 3.64. The molecule has 13 heavy (non-hydrogen) atoms. The van der Waals surface area contributed by atoms with E-state index in [1.165, 1.54) is 14.2 Å². The Bertz CT molecular complexity index is 119. The molecule has 3 unspecified atom stereocenters. The van der Waals surface area contributed by atoms with Crippen molar-refractivity contribution in [3.63, 3.8) is 0 Å². The monoisotopic (exact) mass is 194 g/mol. The summed E-state index contributed by atoms with van der Waals surface area (Å²) in [5.41, 5.74) is 0. The summed E-state index contributed by atoms with van der Waals surface area (Å²) in [6.45, 7) is 1.92. The van der Waals surface area contributed by atoms with Crippen molar-refractivity contribution in [1.29, 1.82) is 0 Å². The largest absolute Gasteiger partial charge is 0.388 e. The molecule has 0 amide bonds. The van der Waals surface area contributed by atoms with Crippen LogP contribution in [0.2, 0.25) is 0 Å². The lowest BCUT2D eigenvalue weighted by molar-refractivity contribution is -0.184. The van der Waals surface area contributed by atoms with E-state index in [2.05, 4.69) is 4.74 Å². The standard InChI is InChI=1S/C8H18O5/c1-6(7(9)4-11-2)13-8(10)5-12-3/h6-10H,4-5H2,1-3H3. The van der Waals surface area contributed by atoms with Gasteiger partial charge in [-0.3, -0.25) is 0 Å². The fraction of sp³-hybridized carbons (Fsp3) is 1.00. The lowest BCUT2D eigenvalue weighted by atomic mass is 10.2. The van der Waals surface area contributed by atoms with Crippen LogP contribution in [0.15, 0.2) is 0 Å². The van der Waals surface area contributed by atoms with E-state index in [0.29, 0.717) is 0 Å². The normalized spacial score (nSPS) is 18.2. The van der Waals surface area contributed by atoms with Crippen molar-refractivity contribution in [2.75, 3.05) is 27.4 Å². The van der Waals surface area contributed by atoms with Crippen LogP contribution in [0.5, 0.6) is 0 Å². The van der Waals surface area contributed by atoms with Gasteiger partial charge in [-0.15, -0.1) is 0 Å². The van der Waals surface area contributed by atoms with Crippen molar-refractivity contribution in [1.82, 2.24) is 0 Å². The number of ether oxygens (including phenoxy) is 3. The highest BCUT2D eigenvalue weighted by Gasteiger charge is 2.17. The van der Waals surface area contributed by atoms with Gasteiger partial charge in [-0.05, 0) is 6.92 Å². The Morgan fingerprint density at radius 2 is 1.62 bits per heavy atom. The molecule has 0 fully saturated rings. The van der Waals surface area contributed by atoms with E-state index in [4.69, 9.17) is 14.6 Å². The van der Waals surface area contributed by atoms with E-state index in [0.717, 1.165) is 0 Å². The minimum absolute atomic E-state index is 0.0873. The lowest BCUT2D eigenvalue weighted by Gasteiger charge is -2.21. The summed E-state index contributed by atoms with van der Waals surface area (Å²) in [6.07, 6.45) is -2.23. The highest BCUT2D eigenvalue weighted by molar-refractivity contribution is 4.63. The van der Waals surface area contributed by atoms with Crippen molar-refractivity contribution in [3.8, 4) is 0 Å². The molecule has 0 aliphatic rings. The third kappa shape index (κ3) is 5.95. The first kappa shape index (κ1) is 12.8. The summed E-state index contributed by atoms with van der Waals surface area (Å²) in [6, 6.07) is 0. The second-order valence-electron chi connectivity index (χ2n) is 2.77. The van der Waals surface area contributed by atoms with E-state index in [9.17, 15) is 5.11 Å². The van der Waals surface area contributed by atoms with Gasteiger partial charge < -0.3 is 24.4 Å². The van der Waals surface area contributed by atoms with E-state index in [1.54, 1.807) is 6.92 Å². The SMILES string of the molecule is COCC(O)OC(C)C(O)COC. The molecule has 3 atom stereocenters. The van der Waals surface area contributed by atoms with Gasteiger partial charge >= 0.3 is 0 Å². The minimum Gasteiger partial charge on any atom is -0.388 e. The van der Waals surface area contributed by atoms with Crippen molar-refractivity contribution in [2.45, 2.75) is 25.4 Å². The molecule has 0 bridgehead atoms. The number of aliphatic hydroxyl groups excluding tert-OH is 2. The number of hydrogen-bond acceptors (Lipinski definition) is 5. The zero-order chi connectivity index (χ0) is 10.3. The van der Waals surface area contributed by atoms with Crippen molar-refractivity contribution in [3.05, 3.63) is 0 Å². The summed E-state index contributed by atoms with van der Waals surface area (Å²) >= 11 is 0. The minimum atomic E-state index is -1.01. The fourth-order valence-electron chi connectivity index (χ4n) is 0.827. The molecular formula is C8H18O5. The molecule has 2 N–H and O–H groups in total. The zero-order valence-electron chi connectivity index (χ0n) is 8.27. The molecule has 0 radical (unpaired) electrons. The van der Waals surface area contributed by atoms with Gasteiger partial charge in [-0.1, -0.05) is 0 Å². The van der Waals surface area contributed by atoms with Crippen molar-refractivity contribution in [2.24, 2.45) is 0 Å². The van der Waals surface area contributed by atoms with E-state index < -0.39 is 18.5 Å². The molecule has 0 aliphatic carbocycles. The van der Waals surface area contributed by atoms with Crippen molar-refractivity contribution < 1.29 is 24.4 Å². The van der Waals surface area contributed by atoms with Crippen LogP contribution in [-0.4, -0.2) is 56.1 Å². The number of rotatable bonds is 7. The summed E-state index contributed by atoms with van der Waals surface area (Å²) < 4.78 is 14.4. The van der Waals surface area contributed by atoms with Gasteiger partial charge in [0.15, 0.2) is 6.29 Å². The average Bonchev–Trinajstić information content (AvgIpc) is 2.05. The zero-order valence-corrected chi connectivity index (χ0v) is 8.27. The van der Waals surface area contributed by atoms with E-state index in [-0.39, 0.29) is 13.2 Å². The van der Waals surface area contributed by atoms with Crippen LogP contribution in [0.1, 0.15) is 6.92 Å². The number of methoxy groups -OCH3 is 2.